The van der Waals surface area contributed by atoms with Crippen LogP contribution in [0.5, 0.6) is 11.6 Å². The van der Waals surface area contributed by atoms with Gasteiger partial charge in [-0.25, -0.2) is 4.98 Å². The van der Waals surface area contributed by atoms with E-state index in [9.17, 15) is 4.79 Å². The fraction of sp³-hybridized carbons (Fsp3) is 0.355. The molecule has 1 aliphatic heterocycles. The topological polar surface area (TPSA) is 124 Å². The van der Waals surface area contributed by atoms with Crippen molar-refractivity contribution in [3.05, 3.63) is 66.5 Å². The van der Waals surface area contributed by atoms with Gasteiger partial charge < -0.3 is 34.9 Å². The summed E-state index contributed by atoms with van der Waals surface area (Å²) in [4.78, 5) is 30.1. The van der Waals surface area contributed by atoms with Crippen LogP contribution in [0, 0.1) is 0 Å². The second kappa shape index (κ2) is 13.4. The summed E-state index contributed by atoms with van der Waals surface area (Å²) in [5.74, 6) is 1.78. The molecule has 1 aromatic carbocycles. The number of nitrogens with two attached hydrogens (primary N) is 1. The van der Waals surface area contributed by atoms with Crippen LogP contribution in [0.4, 0.5) is 17.5 Å². The van der Waals surface area contributed by atoms with Crippen LogP contribution in [0.1, 0.15) is 5.56 Å². The van der Waals surface area contributed by atoms with E-state index in [1.54, 1.807) is 12.3 Å². The molecule has 11 nitrogen and oxygen atoms in total. The Kier molecular flexibility index (Phi) is 9.39. The molecule has 1 fully saturated rings. The van der Waals surface area contributed by atoms with Crippen LogP contribution < -0.4 is 20.7 Å². The first kappa shape index (κ1) is 30.2. The number of likely N-dealkylation sites (N-methyl/N-ethyl adjacent to an activating group) is 1. The van der Waals surface area contributed by atoms with Crippen LogP contribution in [-0.2, 0) is 16.3 Å². The van der Waals surface area contributed by atoms with Gasteiger partial charge >= 0.3 is 0 Å². The summed E-state index contributed by atoms with van der Waals surface area (Å²) < 4.78 is 14.3. The third-order valence-electron chi connectivity index (χ3n) is 7.15. The van der Waals surface area contributed by atoms with Gasteiger partial charge in [0.2, 0.25) is 17.7 Å². The summed E-state index contributed by atoms with van der Waals surface area (Å²) >= 11 is 0. The molecule has 0 unspecified atom stereocenters. The Bertz CT molecular complexity index is 1570. The zero-order valence-corrected chi connectivity index (χ0v) is 26.3. The van der Waals surface area contributed by atoms with Crippen molar-refractivity contribution in [3.8, 4) is 11.6 Å². The van der Waals surface area contributed by atoms with E-state index in [4.69, 9.17) is 25.2 Å². The number of amides is 1. The van der Waals surface area contributed by atoms with E-state index < -0.39 is 14.0 Å². The van der Waals surface area contributed by atoms with Gasteiger partial charge in [-0.05, 0) is 55.1 Å². The molecule has 43 heavy (non-hydrogen) atoms. The Hall–Kier alpha value is -4.26. The van der Waals surface area contributed by atoms with Gasteiger partial charge in [0.15, 0.2) is 5.65 Å². The summed E-state index contributed by atoms with van der Waals surface area (Å²) in [6.07, 6.45) is 6.69. The Morgan fingerprint density at radius 3 is 2.63 bits per heavy atom. The van der Waals surface area contributed by atoms with Crippen molar-refractivity contribution in [2.75, 3.05) is 50.1 Å². The van der Waals surface area contributed by atoms with Gasteiger partial charge in [0.25, 0.3) is 0 Å². The first-order valence-corrected chi connectivity index (χ1v) is 18.2. The molecule has 3 aromatic heterocycles. The molecule has 4 heterocycles. The highest BCUT2D eigenvalue weighted by Gasteiger charge is 2.17. The minimum absolute atomic E-state index is 0.374. The fourth-order valence-corrected chi connectivity index (χ4v) is 5.36. The summed E-state index contributed by atoms with van der Waals surface area (Å²) in [5.41, 5.74) is 7.50. The van der Waals surface area contributed by atoms with E-state index in [0.29, 0.717) is 36.6 Å². The van der Waals surface area contributed by atoms with Crippen LogP contribution >= 0.6 is 0 Å². The Labute approximate surface area is 253 Å². The van der Waals surface area contributed by atoms with Crippen molar-refractivity contribution in [2.45, 2.75) is 32.4 Å². The van der Waals surface area contributed by atoms with Gasteiger partial charge in [0.1, 0.15) is 18.3 Å². The molecule has 3 N–H and O–H groups in total. The van der Waals surface area contributed by atoms with Crippen LogP contribution in [0.25, 0.3) is 17.1 Å². The number of hydrogen-bond acceptors (Lipinski definition) is 9. The van der Waals surface area contributed by atoms with Crippen molar-refractivity contribution in [3.63, 3.8) is 0 Å². The average molecular weight is 601 g/mol. The standard InChI is InChI=1S/C31H40N8O3Si/c1-37-14-16-38(17-15-37)28-11-9-24(21-33-28)34-31-35-29-26(12-13-39(29)22-41-18-19-43(2,3)4)30(36-31)42-25-7-5-6-23(20-25)8-10-27(32)40/h5-13,20-21H,14-19,22H2,1-4H3,(H2,32,40)(H,34,35,36). The number of anilines is 3. The van der Waals surface area contributed by atoms with Gasteiger partial charge in [0, 0.05) is 53.1 Å². The van der Waals surface area contributed by atoms with Crippen LogP contribution in [0.3, 0.4) is 0 Å². The van der Waals surface area contributed by atoms with E-state index >= 15 is 0 Å². The largest absolute Gasteiger partial charge is 0.438 e. The monoisotopic (exact) mass is 600 g/mol. The lowest BCUT2D eigenvalue weighted by molar-refractivity contribution is -0.113. The summed E-state index contributed by atoms with van der Waals surface area (Å²) in [5, 5.41) is 4.06. The van der Waals surface area contributed by atoms with Crippen molar-refractivity contribution < 1.29 is 14.3 Å². The van der Waals surface area contributed by atoms with E-state index in [-0.39, 0.29) is 0 Å². The number of fused-ring (bicyclic) bond motifs is 1. The Morgan fingerprint density at radius 2 is 1.91 bits per heavy atom. The minimum atomic E-state index is -1.20. The molecule has 4 aromatic rings. The molecule has 5 rings (SSSR count). The number of aromatic nitrogens is 4. The number of primary amides is 1. The van der Waals surface area contributed by atoms with E-state index in [0.717, 1.165) is 54.7 Å². The smallest absolute Gasteiger partial charge is 0.241 e. The molecule has 12 heteroatoms. The first-order chi connectivity index (χ1) is 20.6. The minimum Gasteiger partial charge on any atom is -0.438 e. The van der Waals surface area contributed by atoms with Crippen molar-refractivity contribution in [1.82, 2.24) is 24.4 Å². The predicted molar refractivity (Wildman–Crippen MR) is 174 cm³/mol. The van der Waals surface area contributed by atoms with Gasteiger partial charge in [-0.3, -0.25) is 4.79 Å². The number of carbonyl (C=O) groups excluding carboxylic acids is 1. The molecule has 1 saturated heterocycles. The van der Waals surface area contributed by atoms with Crippen molar-refractivity contribution >= 4 is 48.5 Å². The van der Waals surface area contributed by atoms with Crippen molar-refractivity contribution in [2.24, 2.45) is 5.73 Å². The maximum atomic E-state index is 11.2. The predicted octanol–water partition coefficient (Wildman–Crippen LogP) is 4.92. The number of nitrogens with zero attached hydrogens (tertiary/aromatic N) is 6. The molecule has 0 atom stereocenters. The summed E-state index contributed by atoms with van der Waals surface area (Å²) in [6.45, 7) is 12.0. The second-order valence-corrected chi connectivity index (χ2v) is 17.6. The number of ether oxygens (including phenoxy) is 2. The zero-order chi connectivity index (χ0) is 30.4. The van der Waals surface area contributed by atoms with Crippen molar-refractivity contribution in [1.29, 1.82) is 0 Å². The average Bonchev–Trinajstić information content (AvgIpc) is 3.38. The highest BCUT2D eigenvalue weighted by Crippen LogP contribution is 2.31. The number of nitrogens with one attached hydrogen (secondary N) is 1. The molecular weight excluding hydrogens is 560 g/mol. The van der Waals surface area contributed by atoms with Crippen LogP contribution in [-0.4, -0.2) is 78.2 Å². The number of hydrogen-bond donors (Lipinski definition) is 2. The fourth-order valence-electron chi connectivity index (χ4n) is 4.60. The number of benzene rings is 1. The maximum Gasteiger partial charge on any atom is 0.241 e. The van der Waals surface area contributed by atoms with Gasteiger partial charge in [-0.1, -0.05) is 31.8 Å². The van der Waals surface area contributed by atoms with Gasteiger partial charge in [-0.15, -0.1) is 0 Å². The number of pyridine rings is 1. The molecule has 0 bridgehead atoms. The first-order valence-electron chi connectivity index (χ1n) is 14.5. The van der Waals surface area contributed by atoms with Gasteiger partial charge in [-0.2, -0.15) is 9.97 Å². The molecule has 0 aliphatic carbocycles. The second-order valence-electron chi connectivity index (χ2n) is 12.0. The maximum absolute atomic E-state index is 11.2. The molecule has 226 valence electrons. The quantitative estimate of drug-likeness (QED) is 0.132. The Balaban J connectivity index is 1.40. The lowest BCUT2D eigenvalue weighted by Crippen LogP contribution is -2.44. The molecule has 0 radical (unpaired) electrons. The Morgan fingerprint density at radius 1 is 1.09 bits per heavy atom. The summed E-state index contributed by atoms with van der Waals surface area (Å²) in [6, 6.07) is 14.4. The van der Waals surface area contributed by atoms with Gasteiger partial charge in [0.05, 0.1) is 17.3 Å². The highest BCUT2D eigenvalue weighted by atomic mass is 28.3. The van der Waals surface area contributed by atoms with E-state index in [1.807, 2.05) is 53.2 Å². The number of carbonyl (C=O) groups is 1. The van der Waals surface area contributed by atoms with E-state index in [1.165, 1.54) is 6.08 Å². The number of rotatable bonds is 12. The lowest BCUT2D eigenvalue weighted by Gasteiger charge is -2.33. The third-order valence-corrected chi connectivity index (χ3v) is 8.86. The van der Waals surface area contributed by atoms with Crippen LogP contribution in [0.15, 0.2) is 60.9 Å². The molecule has 0 spiro atoms. The zero-order valence-electron chi connectivity index (χ0n) is 25.3. The SMILES string of the molecule is CN1CCN(c2ccc(Nc3nc(Oc4cccc(C=CC(N)=O)c4)c4ccn(COCC[Si](C)(C)C)c4n3)cn2)CC1. The highest BCUT2D eigenvalue weighted by molar-refractivity contribution is 6.76. The molecule has 1 aliphatic rings. The molecular formula is C31H40N8O3Si. The molecule has 0 saturated carbocycles. The lowest BCUT2D eigenvalue weighted by atomic mass is 10.2. The normalized spacial score (nSPS) is 14.5. The molecule has 1 amide bonds. The van der Waals surface area contributed by atoms with E-state index in [2.05, 4.69) is 46.8 Å². The number of piperazine rings is 1. The van der Waals surface area contributed by atoms with Crippen LogP contribution in [0.2, 0.25) is 25.7 Å². The summed E-state index contributed by atoms with van der Waals surface area (Å²) in [7, 11) is 0.935. The third kappa shape index (κ3) is 8.40.